The number of hydrogen-bond donors (Lipinski definition) is 1. The molecule has 0 aliphatic rings. The zero-order chi connectivity index (χ0) is 15.1. The van der Waals surface area contributed by atoms with Crippen molar-refractivity contribution in [2.45, 2.75) is 26.3 Å². The summed E-state index contributed by atoms with van der Waals surface area (Å²) in [5.74, 6) is 0.483. The van der Waals surface area contributed by atoms with Crippen LogP contribution >= 0.6 is 15.9 Å². The van der Waals surface area contributed by atoms with Crippen molar-refractivity contribution in [3.8, 4) is 5.75 Å². The Morgan fingerprint density at radius 2 is 2.14 bits per heavy atom. The Kier molecular flexibility index (Phi) is 5.68. The summed E-state index contributed by atoms with van der Waals surface area (Å²) in [6.45, 7) is 2.67. The van der Waals surface area contributed by atoms with Gasteiger partial charge in [0.1, 0.15) is 5.75 Å². The molecule has 0 aliphatic heterocycles. The quantitative estimate of drug-likeness (QED) is 0.825. The molecule has 0 fully saturated rings. The number of carbonyl (C=O) groups is 1. The molecule has 112 valence electrons. The SMILES string of the molecule is CCCCn1nnc(NC(=O)COc2ccc(Br)cc2)n1. The van der Waals surface area contributed by atoms with Crippen molar-refractivity contribution in [3.63, 3.8) is 0 Å². The van der Waals surface area contributed by atoms with Crippen LogP contribution in [0.1, 0.15) is 19.8 Å². The summed E-state index contributed by atoms with van der Waals surface area (Å²) in [5.41, 5.74) is 0. The minimum Gasteiger partial charge on any atom is -0.484 e. The van der Waals surface area contributed by atoms with Crippen molar-refractivity contribution in [3.05, 3.63) is 28.7 Å². The largest absolute Gasteiger partial charge is 0.484 e. The Labute approximate surface area is 130 Å². The maximum absolute atomic E-state index is 11.7. The van der Waals surface area contributed by atoms with E-state index in [-0.39, 0.29) is 18.5 Å². The van der Waals surface area contributed by atoms with Crippen LogP contribution < -0.4 is 10.1 Å². The minimum absolute atomic E-state index is 0.106. The molecule has 7 nitrogen and oxygen atoms in total. The summed E-state index contributed by atoms with van der Waals surface area (Å²) in [4.78, 5) is 13.2. The van der Waals surface area contributed by atoms with Crippen molar-refractivity contribution >= 4 is 27.8 Å². The molecule has 1 amide bonds. The molecular weight excluding hydrogens is 338 g/mol. The van der Waals surface area contributed by atoms with Gasteiger partial charge in [-0.1, -0.05) is 34.4 Å². The number of nitrogens with one attached hydrogen (secondary N) is 1. The number of rotatable bonds is 7. The molecule has 0 saturated carbocycles. The summed E-state index contributed by atoms with van der Waals surface area (Å²) >= 11 is 3.33. The molecule has 2 rings (SSSR count). The van der Waals surface area contributed by atoms with E-state index >= 15 is 0 Å². The summed E-state index contributed by atoms with van der Waals surface area (Å²) in [7, 11) is 0. The van der Waals surface area contributed by atoms with E-state index in [1.54, 1.807) is 12.1 Å². The van der Waals surface area contributed by atoms with Gasteiger partial charge in [-0.2, -0.15) is 4.80 Å². The van der Waals surface area contributed by atoms with Crippen molar-refractivity contribution in [2.24, 2.45) is 0 Å². The van der Waals surface area contributed by atoms with Crippen LogP contribution in [-0.4, -0.2) is 32.7 Å². The van der Waals surface area contributed by atoms with Crippen LogP contribution in [-0.2, 0) is 11.3 Å². The van der Waals surface area contributed by atoms with E-state index in [1.165, 1.54) is 4.80 Å². The maximum atomic E-state index is 11.7. The fourth-order valence-electron chi connectivity index (χ4n) is 1.53. The third kappa shape index (κ3) is 5.14. The zero-order valence-electron chi connectivity index (χ0n) is 11.6. The van der Waals surface area contributed by atoms with E-state index in [1.807, 2.05) is 12.1 Å². The normalized spacial score (nSPS) is 10.4. The predicted molar refractivity (Wildman–Crippen MR) is 81.0 cm³/mol. The number of halogens is 1. The average molecular weight is 354 g/mol. The molecular formula is C13H16BrN5O2. The first-order valence-electron chi connectivity index (χ1n) is 6.63. The molecule has 2 aromatic rings. The number of aryl methyl sites for hydroxylation is 1. The molecule has 0 aliphatic carbocycles. The van der Waals surface area contributed by atoms with Gasteiger partial charge in [0.05, 0.1) is 6.54 Å². The van der Waals surface area contributed by atoms with Crippen molar-refractivity contribution in [1.82, 2.24) is 20.2 Å². The predicted octanol–water partition coefficient (Wildman–Crippen LogP) is 2.25. The highest BCUT2D eigenvalue weighted by atomic mass is 79.9. The summed E-state index contributed by atoms with van der Waals surface area (Å²) in [6.07, 6.45) is 2.01. The second kappa shape index (κ2) is 7.72. The van der Waals surface area contributed by atoms with Crippen LogP contribution in [0.3, 0.4) is 0 Å². The van der Waals surface area contributed by atoms with Gasteiger partial charge in [0.25, 0.3) is 11.9 Å². The van der Waals surface area contributed by atoms with Crippen molar-refractivity contribution in [1.29, 1.82) is 0 Å². The fourth-order valence-corrected chi connectivity index (χ4v) is 1.79. The second-order valence-electron chi connectivity index (χ2n) is 4.35. The third-order valence-corrected chi connectivity index (χ3v) is 3.13. The summed E-state index contributed by atoms with van der Waals surface area (Å²) in [6, 6.07) is 7.23. The number of ether oxygens (including phenoxy) is 1. The van der Waals surface area contributed by atoms with Crippen LogP contribution in [0, 0.1) is 0 Å². The minimum atomic E-state index is -0.326. The second-order valence-corrected chi connectivity index (χ2v) is 5.27. The van der Waals surface area contributed by atoms with Crippen LogP contribution in [0.4, 0.5) is 5.95 Å². The van der Waals surface area contributed by atoms with E-state index in [9.17, 15) is 4.79 Å². The third-order valence-electron chi connectivity index (χ3n) is 2.60. The number of aromatic nitrogens is 4. The van der Waals surface area contributed by atoms with Gasteiger partial charge in [0.15, 0.2) is 6.61 Å². The van der Waals surface area contributed by atoms with Crippen LogP contribution in [0.5, 0.6) is 5.75 Å². The van der Waals surface area contributed by atoms with Gasteiger partial charge in [-0.3, -0.25) is 10.1 Å². The van der Waals surface area contributed by atoms with Crippen molar-refractivity contribution in [2.75, 3.05) is 11.9 Å². The molecule has 0 unspecified atom stereocenters. The van der Waals surface area contributed by atoms with Gasteiger partial charge in [0, 0.05) is 4.47 Å². The van der Waals surface area contributed by atoms with E-state index in [0.717, 1.165) is 17.3 Å². The standard InChI is InChI=1S/C13H16BrN5O2/c1-2-3-8-19-17-13(16-18-19)15-12(20)9-21-11-6-4-10(14)5-7-11/h4-7H,2-3,8-9H2,1H3,(H,15,17,20). The monoisotopic (exact) mass is 353 g/mol. The van der Waals surface area contributed by atoms with Crippen LogP contribution in [0.2, 0.25) is 0 Å². The number of unbranched alkanes of at least 4 members (excludes halogenated alkanes) is 1. The molecule has 0 atom stereocenters. The first kappa shape index (κ1) is 15.4. The van der Waals surface area contributed by atoms with Gasteiger partial charge >= 0.3 is 0 Å². The molecule has 0 saturated heterocycles. The first-order chi connectivity index (χ1) is 10.2. The number of amides is 1. The Morgan fingerprint density at radius 1 is 1.38 bits per heavy atom. The molecule has 0 bridgehead atoms. The number of tetrazole rings is 1. The lowest BCUT2D eigenvalue weighted by molar-refractivity contribution is -0.118. The number of nitrogens with zero attached hydrogens (tertiary/aromatic N) is 4. The number of carbonyl (C=O) groups excluding carboxylic acids is 1. The Bertz CT molecular complexity index is 585. The van der Waals surface area contributed by atoms with E-state index in [4.69, 9.17) is 4.74 Å². The molecule has 1 N–H and O–H groups in total. The van der Waals surface area contributed by atoms with Crippen LogP contribution in [0.25, 0.3) is 0 Å². The average Bonchev–Trinajstić information content (AvgIpc) is 2.92. The fraction of sp³-hybridized carbons (Fsp3) is 0.385. The highest BCUT2D eigenvalue weighted by Crippen LogP contribution is 2.15. The first-order valence-corrected chi connectivity index (χ1v) is 7.42. The van der Waals surface area contributed by atoms with E-state index in [0.29, 0.717) is 12.3 Å². The Morgan fingerprint density at radius 3 is 2.86 bits per heavy atom. The Balaban J connectivity index is 1.78. The van der Waals surface area contributed by atoms with Gasteiger partial charge in [-0.05, 0) is 35.9 Å². The molecule has 21 heavy (non-hydrogen) atoms. The Hall–Kier alpha value is -1.96. The van der Waals surface area contributed by atoms with Gasteiger partial charge < -0.3 is 4.74 Å². The number of anilines is 1. The highest BCUT2D eigenvalue weighted by molar-refractivity contribution is 9.10. The summed E-state index contributed by atoms with van der Waals surface area (Å²) in [5, 5.41) is 14.2. The molecule has 1 aromatic heterocycles. The maximum Gasteiger partial charge on any atom is 0.270 e. The van der Waals surface area contributed by atoms with Crippen molar-refractivity contribution < 1.29 is 9.53 Å². The lowest BCUT2D eigenvalue weighted by Crippen LogP contribution is -2.21. The molecule has 1 aromatic carbocycles. The van der Waals surface area contributed by atoms with E-state index in [2.05, 4.69) is 43.6 Å². The number of benzene rings is 1. The van der Waals surface area contributed by atoms with Gasteiger partial charge in [0.2, 0.25) is 0 Å². The molecule has 0 radical (unpaired) electrons. The number of hydrogen-bond acceptors (Lipinski definition) is 5. The highest BCUT2D eigenvalue weighted by Gasteiger charge is 2.08. The zero-order valence-corrected chi connectivity index (χ0v) is 13.2. The topological polar surface area (TPSA) is 81.9 Å². The smallest absolute Gasteiger partial charge is 0.270 e. The molecule has 0 spiro atoms. The molecule has 1 heterocycles. The summed E-state index contributed by atoms with van der Waals surface area (Å²) < 4.78 is 6.30. The molecule has 8 heteroatoms. The van der Waals surface area contributed by atoms with Gasteiger partial charge in [-0.15, -0.1) is 5.10 Å². The van der Waals surface area contributed by atoms with E-state index < -0.39 is 0 Å². The lowest BCUT2D eigenvalue weighted by atomic mass is 10.3. The van der Waals surface area contributed by atoms with Gasteiger partial charge in [-0.25, -0.2) is 0 Å². The van der Waals surface area contributed by atoms with Crippen LogP contribution in [0.15, 0.2) is 28.7 Å². The lowest BCUT2D eigenvalue weighted by Gasteiger charge is -2.05.